The molecule has 5 heteroatoms. The number of amides is 1. The van der Waals surface area contributed by atoms with E-state index < -0.39 is 17.9 Å². The highest BCUT2D eigenvalue weighted by atomic mass is 16.5. The topological polar surface area (TPSA) is 55.8 Å². The molecule has 5 rings (SSSR count). The monoisotopic (exact) mass is 477 g/mol. The van der Waals surface area contributed by atoms with Crippen LogP contribution in [0, 0.1) is 0 Å². The van der Waals surface area contributed by atoms with Gasteiger partial charge in [0.15, 0.2) is 0 Å². The van der Waals surface area contributed by atoms with Gasteiger partial charge in [0.05, 0.1) is 13.0 Å². The van der Waals surface area contributed by atoms with Crippen molar-refractivity contribution in [1.82, 2.24) is 4.90 Å². The Bertz CT molecular complexity index is 1300. The van der Waals surface area contributed by atoms with E-state index in [1.807, 2.05) is 109 Å². The fourth-order valence-corrected chi connectivity index (χ4v) is 4.76. The van der Waals surface area contributed by atoms with Crippen LogP contribution in [0.3, 0.4) is 0 Å². The Morgan fingerprint density at radius 1 is 0.750 bits per heavy atom. The molecule has 0 saturated carbocycles. The number of ether oxygens (including phenoxy) is 2. The number of carbonyl (C=O) groups excluding carboxylic acids is 2. The van der Waals surface area contributed by atoms with E-state index in [0.717, 1.165) is 28.0 Å². The number of hydrogen-bond donors (Lipinski definition) is 0. The molecule has 1 amide bonds. The van der Waals surface area contributed by atoms with Gasteiger partial charge in [0, 0.05) is 13.0 Å². The average molecular weight is 478 g/mol. The molecule has 4 aromatic rings. The first-order valence-corrected chi connectivity index (χ1v) is 12.0. The molecule has 4 aromatic carbocycles. The van der Waals surface area contributed by atoms with Gasteiger partial charge in [-0.25, -0.2) is 4.79 Å². The summed E-state index contributed by atoms with van der Waals surface area (Å²) in [5.74, 6) is 0.348. The van der Waals surface area contributed by atoms with Crippen LogP contribution >= 0.6 is 0 Å². The molecule has 1 aliphatic rings. The highest BCUT2D eigenvalue weighted by Crippen LogP contribution is 2.34. The molecule has 0 fully saturated rings. The first-order valence-electron chi connectivity index (χ1n) is 12.0. The zero-order valence-electron chi connectivity index (χ0n) is 20.0. The molecule has 0 spiro atoms. The molecule has 0 saturated heterocycles. The zero-order chi connectivity index (χ0) is 24.9. The van der Waals surface area contributed by atoms with Gasteiger partial charge in [-0.2, -0.15) is 0 Å². The molecule has 1 atom stereocenters. The quantitative estimate of drug-likeness (QED) is 0.333. The smallest absolute Gasteiger partial charge is 0.328 e. The van der Waals surface area contributed by atoms with Gasteiger partial charge in [-0.05, 0) is 46.5 Å². The van der Waals surface area contributed by atoms with Gasteiger partial charge in [-0.15, -0.1) is 0 Å². The molecule has 1 heterocycles. The second-order valence-corrected chi connectivity index (χ2v) is 8.81. The van der Waals surface area contributed by atoms with Crippen molar-refractivity contribution in [3.05, 3.63) is 131 Å². The number of esters is 1. The summed E-state index contributed by atoms with van der Waals surface area (Å²) in [6, 6.07) is 34.0. The Hall–Kier alpha value is -4.38. The molecule has 1 aliphatic heterocycles. The number of rotatable bonds is 6. The molecule has 0 aromatic heterocycles. The number of nitrogens with zero attached hydrogens (tertiary/aromatic N) is 1. The summed E-state index contributed by atoms with van der Waals surface area (Å²) in [6.07, 6.45) is 0.357. The van der Waals surface area contributed by atoms with E-state index in [0.29, 0.717) is 18.7 Å². The van der Waals surface area contributed by atoms with Crippen molar-refractivity contribution in [2.24, 2.45) is 0 Å². The first kappa shape index (κ1) is 23.4. The van der Waals surface area contributed by atoms with Crippen molar-refractivity contribution in [1.29, 1.82) is 0 Å². The summed E-state index contributed by atoms with van der Waals surface area (Å²) >= 11 is 0. The second-order valence-electron chi connectivity index (χ2n) is 8.81. The van der Waals surface area contributed by atoms with E-state index in [1.54, 1.807) is 4.90 Å². The molecule has 5 nitrogen and oxygen atoms in total. The standard InChI is InChI=1S/C31H27NO4/c1-35-31(34)28-20-25-19-27(36-26-15-9-4-10-16-26)18-17-24(25)21-32(28)30(33)29(22-11-5-2-6-12-22)23-13-7-3-8-14-23/h2-19,28-29H,20-21H2,1H3. The predicted molar refractivity (Wildman–Crippen MR) is 138 cm³/mol. The lowest BCUT2D eigenvalue weighted by Crippen LogP contribution is -2.50. The third-order valence-electron chi connectivity index (χ3n) is 6.56. The van der Waals surface area contributed by atoms with Gasteiger partial charge >= 0.3 is 5.97 Å². The molecular formula is C31H27NO4. The van der Waals surface area contributed by atoms with Crippen molar-refractivity contribution in [3.8, 4) is 11.5 Å². The number of para-hydroxylation sites is 1. The van der Waals surface area contributed by atoms with Crippen LogP contribution in [0.2, 0.25) is 0 Å². The number of hydrogen-bond acceptors (Lipinski definition) is 4. The van der Waals surface area contributed by atoms with Crippen molar-refractivity contribution >= 4 is 11.9 Å². The van der Waals surface area contributed by atoms with E-state index in [2.05, 4.69) is 0 Å². The number of carbonyl (C=O) groups is 2. The van der Waals surface area contributed by atoms with Crippen molar-refractivity contribution < 1.29 is 19.1 Å². The van der Waals surface area contributed by atoms with E-state index in [1.165, 1.54) is 7.11 Å². The summed E-state index contributed by atoms with van der Waals surface area (Å²) in [6.45, 7) is 0.315. The van der Waals surface area contributed by atoms with Gasteiger partial charge < -0.3 is 14.4 Å². The second kappa shape index (κ2) is 10.5. The van der Waals surface area contributed by atoms with E-state index in [9.17, 15) is 9.59 Å². The first-order chi connectivity index (χ1) is 17.6. The van der Waals surface area contributed by atoms with Crippen LogP contribution in [-0.4, -0.2) is 29.9 Å². The van der Waals surface area contributed by atoms with Gasteiger partial charge in [0.2, 0.25) is 5.91 Å². The highest BCUT2D eigenvalue weighted by Gasteiger charge is 2.39. The molecule has 0 radical (unpaired) electrons. The maximum atomic E-state index is 14.1. The zero-order valence-corrected chi connectivity index (χ0v) is 20.0. The Labute approximate surface area is 210 Å². The van der Waals surface area contributed by atoms with E-state index >= 15 is 0 Å². The molecular weight excluding hydrogens is 450 g/mol. The van der Waals surface area contributed by atoms with Crippen LogP contribution < -0.4 is 4.74 Å². The lowest BCUT2D eigenvalue weighted by atomic mass is 9.87. The van der Waals surface area contributed by atoms with Crippen LogP contribution in [0.5, 0.6) is 11.5 Å². The van der Waals surface area contributed by atoms with Gasteiger partial charge in [-0.1, -0.05) is 84.9 Å². The summed E-state index contributed by atoms with van der Waals surface area (Å²) in [5.41, 5.74) is 3.73. The van der Waals surface area contributed by atoms with E-state index in [4.69, 9.17) is 9.47 Å². The Morgan fingerprint density at radius 2 is 1.33 bits per heavy atom. The van der Waals surface area contributed by atoms with Crippen LogP contribution in [0.1, 0.15) is 28.2 Å². The summed E-state index contributed by atoms with van der Waals surface area (Å²) in [4.78, 5) is 28.7. The largest absolute Gasteiger partial charge is 0.467 e. The van der Waals surface area contributed by atoms with Gasteiger partial charge in [-0.3, -0.25) is 4.79 Å². The minimum atomic E-state index is -0.725. The van der Waals surface area contributed by atoms with Crippen LogP contribution in [0.15, 0.2) is 109 Å². The Balaban J connectivity index is 1.49. The molecule has 0 N–H and O–H groups in total. The SMILES string of the molecule is COC(=O)C1Cc2cc(Oc3ccccc3)ccc2CN1C(=O)C(c1ccccc1)c1ccccc1. The predicted octanol–water partition coefficient (Wildman–Crippen LogP) is 5.74. The minimum absolute atomic E-state index is 0.127. The summed E-state index contributed by atoms with van der Waals surface area (Å²) < 4.78 is 11.1. The number of benzene rings is 4. The lowest BCUT2D eigenvalue weighted by Gasteiger charge is -2.37. The Kier molecular flexibility index (Phi) is 6.80. The van der Waals surface area contributed by atoms with Crippen molar-refractivity contribution in [2.45, 2.75) is 24.9 Å². The molecule has 0 aliphatic carbocycles. The van der Waals surface area contributed by atoms with Crippen LogP contribution in [0.4, 0.5) is 0 Å². The molecule has 1 unspecified atom stereocenters. The third kappa shape index (κ3) is 4.86. The van der Waals surface area contributed by atoms with Crippen LogP contribution in [0.25, 0.3) is 0 Å². The normalized spacial score (nSPS) is 14.7. The fraction of sp³-hybridized carbons (Fsp3) is 0.161. The lowest BCUT2D eigenvalue weighted by molar-refractivity contribution is -0.154. The summed E-state index contributed by atoms with van der Waals surface area (Å²) in [5, 5.41) is 0. The average Bonchev–Trinajstić information content (AvgIpc) is 2.93. The third-order valence-corrected chi connectivity index (χ3v) is 6.56. The van der Waals surface area contributed by atoms with Gasteiger partial charge in [0.25, 0.3) is 0 Å². The minimum Gasteiger partial charge on any atom is -0.467 e. The summed E-state index contributed by atoms with van der Waals surface area (Å²) in [7, 11) is 1.36. The van der Waals surface area contributed by atoms with E-state index in [-0.39, 0.29) is 5.91 Å². The Morgan fingerprint density at radius 3 is 1.92 bits per heavy atom. The number of fused-ring (bicyclic) bond motifs is 1. The maximum absolute atomic E-state index is 14.1. The molecule has 36 heavy (non-hydrogen) atoms. The maximum Gasteiger partial charge on any atom is 0.328 e. The number of methoxy groups -OCH3 is 1. The molecule has 180 valence electrons. The molecule has 0 bridgehead atoms. The highest BCUT2D eigenvalue weighted by molar-refractivity contribution is 5.91. The van der Waals surface area contributed by atoms with Crippen molar-refractivity contribution in [2.75, 3.05) is 7.11 Å². The fourth-order valence-electron chi connectivity index (χ4n) is 4.76. The van der Waals surface area contributed by atoms with Crippen LogP contribution in [-0.2, 0) is 27.3 Å². The van der Waals surface area contributed by atoms with Gasteiger partial charge in [0.1, 0.15) is 17.5 Å². The van der Waals surface area contributed by atoms with Crippen molar-refractivity contribution in [3.63, 3.8) is 0 Å².